The molecule has 3 aromatic heterocycles. The van der Waals surface area contributed by atoms with Crippen molar-refractivity contribution in [3.05, 3.63) is 45.6 Å². The number of rotatable bonds is 3. The van der Waals surface area contributed by atoms with Gasteiger partial charge >= 0.3 is 0 Å². The highest BCUT2D eigenvalue weighted by Gasteiger charge is 2.32. The minimum atomic E-state index is -0.413. The molecule has 0 bridgehead atoms. The van der Waals surface area contributed by atoms with Crippen molar-refractivity contribution in [2.75, 3.05) is 18.0 Å². The number of aromatic amines is 2. The molecule has 1 fully saturated rings. The molecule has 1 saturated heterocycles. The number of anilines is 1. The molecule has 0 radical (unpaired) electrons. The molecule has 0 atom stereocenters. The lowest BCUT2D eigenvalue weighted by atomic mass is 10.0. The molecule has 8 nitrogen and oxygen atoms in total. The molecule has 4 rings (SSSR count). The van der Waals surface area contributed by atoms with Crippen LogP contribution in [0.1, 0.15) is 17.3 Å². The number of hydrogen-bond donors (Lipinski definition) is 2. The first-order valence-electron chi connectivity index (χ1n) is 6.94. The Morgan fingerprint density at radius 1 is 1.43 bits per heavy atom. The zero-order valence-electron chi connectivity index (χ0n) is 11.9. The average molecular weight is 325 g/mol. The summed E-state index contributed by atoms with van der Waals surface area (Å²) >= 11 is 1.45. The lowest BCUT2D eigenvalue weighted by Gasteiger charge is -2.38. The van der Waals surface area contributed by atoms with Gasteiger partial charge in [-0.1, -0.05) is 6.07 Å². The first-order chi connectivity index (χ1) is 11.3. The van der Waals surface area contributed by atoms with Crippen LogP contribution in [0.5, 0.6) is 0 Å². The van der Waals surface area contributed by atoms with Crippen LogP contribution in [-0.4, -0.2) is 38.2 Å². The van der Waals surface area contributed by atoms with Crippen molar-refractivity contribution in [1.82, 2.24) is 25.1 Å². The van der Waals surface area contributed by atoms with E-state index in [2.05, 4.69) is 25.1 Å². The molecule has 0 spiro atoms. The van der Waals surface area contributed by atoms with Gasteiger partial charge in [-0.05, 0) is 11.4 Å². The summed E-state index contributed by atoms with van der Waals surface area (Å²) in [5.74, 6) is 1.55. The van der Waals surface area contributed by atoms with Gasteiger partial charge in [0.15, 0.2) is 0 Å². The lowest BCUT2D eigenvalue weighted by Crippen LogP contribution is -2.47. The van der Waals surface area contributed by atoms with E-state index in [0.29, 0.717) is 24.7 Å². The van der Waals surface area contributed by atoms with E-state index in [0.717, 1.165) is 10.7 Å². The molecule has 9 heteroatoms. The standard InChI is InChI=1S/C14H11N7OS/c15-4-9-11(10-2-1-3-23-10)18-14(19-13(9)22)21-5-8(6-21)12-16-7-17-20-12/h1-3,7-8H,5-6H2,(H,16,17,20)(H,18,19,22). The van der Waals surface area contributed by atoms with Crippen LogP contribution in [0.4, 0.5) is 5.95 Å². The fourth-order valence-corrected chi connectivity index (χ4v) is 3.26. The fraction of sp³-hybridized carbons (Fsp3) is 0.214. The van der Waals surface area contributed by atoms with Gasteiger partial charge in [-0.25, -0.2) is 9.97 Å². The van der Waals surface area contributed by atoms with Crippen molar-refractivity contribution >= 4 is 17.3 Å². The van der Waals surface area contributed by atoms with Gasteiger partial charge in [-0.2, -0.15) is 10.4 Å². The normalized spacial score (nSPS) is 14.5. The van der Waals surface area contributed by atoms with E-state index < -0.39 is 5.56 Å². The van der Waals surface area contributed by atoms with Gasteiger partial charge in [0, 0.05) is 13.1 Å². The first kappa shape index (κ1) is 13.7. The van der Waals surface area contributed by atoms with Crippen LogP contribution in [0.2, 0.25) is 0 Å². The minimum absolute atomic E-state index is 0.0449. The number of nitriles is 1. The maximum Gasteiger partial charge on any atom is 0.270 e. The highest BCUT2D eigenvalue weighted by Crippen LogP contribution is 2.30. The van der Waals surface area contributed by atoms with Gasteiger partial charge < -0.3 is 4.90 Å². The van der Waals surface area contributed by atoms with Gasteiger partial charge in [0.1, 0.15) is 29.5 Å². The van der Waals surface area contributed by atoms with Crippen molar-refractivity contribution in [3.8, 4) is 16.6 Å². The van der Waals surface area contributed by atoms with E-state index in [1.54, 1.807) is 0 Å². The summed E-state index contributed by atoms with van der Waals surface area (Å²) in [6.07, 6.45) is 1.48. The van der Waals surface area contributed by atoms with Crippen LogP contribution < -0.4 is 10.5 Å². The number of H-pyrrole nitrogens is 2. The molecule has 3 aromatic rings. The molecular weight excluding hydrogens is 314 g/mol. The Bertz CT molecular complexity index is 917. The predicted molar refractivity (Wildman–Crippen MR) is 84.2 cm³/mol. The fourth-order valence-electron chi connectivity index (χ4n) is 2.54. The van der Waals surface area contributed by atoms with E-state index in [1.807, 2.05) is 28.5 Å². The maximum atomic E-state index is 12.2. The van der Waals surface area contributed by atoms with Crippen LogP contribution in [-0.2, 0) is 0 Å². The van der Waals surface area contributed by atoms with Crippen molar-refractivity contribution < 1.29 is 0 Å². The van der Waals surface area contributed by atoms with E-state index in [-0.39, 0.29) is 11.5 Å². The summed E-state index contributed by atoms with van der Waals surface area (Å²) in [5, 5.41) is 17.8. The molecule has 1 aliphatic heterocycles. The number of nitrogens with zero attached hydrogens (tertiary/aromatic N) is 5. The summed E-state index contributed by atoms with van der Waals surface area (Å²) < 4.78 is 0. The van der Waals surface area contributed by atoms with Gasteiger partial charge in [0.25, 0.3) is 5.56 Å². The van der Waals surface area contributed by atoms with Crippen molar-refractivity contribution in [1.29, 1.82) is 5.26 Å². The number of aromatic nitrogens is 5. The maximum absolute atomic E-state index is 12.2. The third-order valence-electron chi connectivity index (χ3n) is 3.77. The van der Waals surface area contributed by atoms with Crippen molar-refractivity contribution in [2.45, 2.75) is 5.92 Å². The Morgan fingerprint density at radius 3 is 2.96 bits per heavy atom. The van der Waals surface area contributed by atoms with E-state index in [9.17, 15) is 10.1 Å². The Hall–Kier alpha value is -2.99. The molecule has 0 unspecified atom stereocenters. The summed E-state index contributed by atoms with van der Waals surface area (Å²) in [6.45, 7) is 1.38. The van der Waals surface area contributed by atoms with Gasteiger partial charge in [-0.15, -0.1) is 11.3 Å². The summed E-state index contributed by atoms with van der Waals surface area (Å²) in [6, 6.07) is 5.66. The number of hydrogen-bond acceptors (Lipinski definition) is 7. The molecule has 0 amide bonds. The Kier molecular flexibility index (Phi) is 3.17. The number of thiophene rings is 1. The topological polar surface area (TPSA) is 114 Å². The molecule has 2 N–H and O–H groups in total. The second-order valence-corrected chi connectivity index (χ2v) is 6.12. The second-order valence-electron chi connectivity index (χ2n) is 5.17. The summed E-state index contributed by atoms with van der Waals surface area (Å²) in [5.41, 5.74) is 0.0666. The second kappa shape index (κ2) is 5.33. The van der Waals surface area contributed by atoms with Gasteiger partial charge in [0.2, 0.25) is 5.95 Å². The van der Waals surface area contributed by atoms with Crippen molar-refractivity contribution in [3.63, 3.8) is 0 Å². The predicted octanol–water partition coefficient (Wildman–Crippen LogP) is 1.09. The Balaban J connectivity index is 1.66. The Labute approximate surface area is 134 Å². The van der Waals surface area contributed by atoms with Crippen LogP contribution in [0.25, 0.3) is 10.6 Å². The van der Waals surface area contributed by atoms with Crippen LogP contribution in [0.3, 0.4) is 0 Å². The highest BCUT2D eigenvalue weighted by molar-refractivity contribution is 7.13. The summed E-state index contributed by atoms with van der Waals surface area (Å²) in [4.78, 5) is 26.3. The zero-order chi connectivity index (χ0) is 15.8. The van der Waals surface area contributed by atoms with Crippen LogP contribution in [0, 0.1) is 11.3 Å². The third kappa shape index (κ3) is 2.29. The molecule has 4 heterocycles. The van der Waals surface area contributed by atoms with Crippen LogP contribution >= 0.6 is 11.3 Å². The SMILES string of the molecule is N#Cc1c(-c2cccs2)nc(N2CC(c3ncn[nH]3)C2)[nH]c1=O. The zero-order valence-corrected chi connectivity index (χ0v) is 12.7. The monoisotopic (exact) mass is 325 g/mol. The average Bonchev–Trinajstić information content (AvgIpc) is 3.19. The van der Waals surface area contributed by atoms with Crippen molar-refractivity contribution in [2.24, 2.45) is 0 Å². The first-order valence-corrected chi connectivity index (χ1v) is 7.82. The Morgan fingerprint density at radius 2 is 2.30 bits per heavy atom. The van der Waals surface area contributed by atoms with E-state index in [4.69, 9.17) is 0 Å². The molecule has 0 aromatic carbocycles. The summed E-state index contributed by atoms with van der Waals surface area (Å²) in [7, 11) is 0. The molecule has 23 heavy (non-hydrogen) atoms. The largest absolute Gasteiger partial charge is 0.341 e. The van der Waals surface area contributed by atoms with E-state index in [1.165, 1.54) is 17.7 Å². The van der Waals surface area contributed by atoms with E-state index >= 15 is 0 Å². The molecule has 114 valence electrons. The molecular formula is C14H11N7OS. The smallest absolute Gasteiger partial charge is 0.270 e. The molecule has 0 saturated carbocycles. The van der Waals surface area contributed by atoms with Crippen LogP contribution in [0.15, 0.2) is 28.6 Å². The molecule has 1 aliphatic rings. The lowest BCUT2D eigenvalue weighted by molar-refractivity contribution is 0.492. The minimum Gasteiger partial charge on any atom is -0.341 e. The molecule has 0 aliphatic carbocycles. The van der Waals surface area contributed by atoms with Gasteiger partial charge in [0.05, 0.1) is 10.8 Å². The van der Waals surface area contributed by atoms with Gasteiger partial charge in [-0.3, -0.25) is 14.9 Å². The highest BCUT2D eigenvalue weighted by atomic mass is 32.1. The third-order valence-corrected chi connectivity index (χ3v) is 4.65. The quantitative estimate of drug-likeness (QED) is 0.745. The number of nitrogens with one attached hydrogen (secondary N) is 2.